The lowest BCUT2D eigenvalue weighted by Gasteiger charge is -2.23. The van der Waals surface area contributed by atoms with Gasteiger partial charge in [-0.3, -0.25) is 9.10 Å². The van der Waals surface area contributed by atoms with Gasteiger partial charge in [0.2, 0.25) is 15.9 Å². The molecule has 0 saturated carbocycles. The smallest absolute Gasteiger partial charge is 0.232 e. The van der Waals surface area contributed by atoms with E-state index < -0.39 is 10.0 Å². The second-order valence-electron chi connectivity index (χ2n) is 8.70. The molecular formula is C24H33ClN2O5S. The van der Waals surface area contributed by atoms with E-state index in [4.69, 9.17) is 21.1 Å². The number of amides is 1. The fourth-order valence-corrected chi connectivity index (χ4v) is 4.54. The summed E-state index contributed by atoms with van der Waals surface area (Å²) in [7, 11) is -2.05. The van der Waals surface area contributed by atoms with Gasteiger partial charge >= 0.3 is 0 Å². The van der Waals surface area contributed by atoms with Gasteiger partial charge in [-0.1, -0.05) is 50.6 Å². The normalized spacial score (nSPS) is 11.7. The molecule has 0 fully saturated rings. The third kappa shape index (κ3) is 8.12. The van der Waals surface area contributed by atoms with Crippen molar-refractivity contribution in [2.75, 3.05) is 37.4 Å². The number of methoxy groups -OCH3 is 1. The first kappa shape index (κ1) is 26.8. The van der Waals surface area contributed by atoms with E-state index in [1.165, 1.54) is 17.5 Å². The van der Waals surface area contributed by atoms with Gasteiger partial charge in [0, 0.05) is 13.0 Å². The first-order chi connectivity index (χ1) is 15.4. The summed E-state index contributed by atoms with van der Waals surface area (Å²) in [5.74, 6) is 1.10. The molecule has 0 radical (unpaired) electrons. The largest absolute Gasteiger partial charge is 0.495 e. The van der Waals surface area contributed by atoms with Crippen LogP contribution in [0.25, 0.3) is 0 Å². The molecule has 7 nitrogen and oxygen atoms in total. The van der Waals surface area contributed by atoms with Gasteiger partial charge in [-0.15, -0.1) is 0 Å². The number of ether oxygens (including phenoxy) is 2. The van der Waals surface area contributed by atoms with Crippen LogP contribution in [0.2, 0.25) is 5.02 Å². The van der Waals surface area contributed by atoms with E-state index in [9.17, 15) is 13.2 Å². The fraction of sp³-hybridized carbons (Fsp3) is 0.458. The second kappa shape index (κ2) is 11.6. The van der Waals surface area contributed by atoms with Gasteiger partial charge in [-0.2, -0.15) is 0 Å². The van der Waals surface area contributed by atoms with Gasteiger partial charge in [-0.25, -0.2) is 8.42 Å². The Hall–Kier alpha value is -2.45. The van der Waals surface area contributed by atoms with Crippen LogP contribution in [-0.2, 0) is 20.2 Å². The first-order valence-corrected chi connectivity index (χ1v) is 13.0. The lowest BCUT2D eigenvalue weighted by Crippen LogP contribution is -2.33. The molecule has 0 aliphatic heterocycles. The lowest BCUT2D eigenvalue weighted by atomic mass is 9.86. The molecule has 182 valence electrons. The molecular weight excluding hydrogens is 464 g/mol. The van der Waals surface area contributed by atoms with Crippen LogP contribution in [0.3, 0.4) is 0 Å². The highest BCUT2D eigenvalue weighted by atomic mass is 35.5. The number of sulfonamides is 1. The van der Waals surface area contributed by atoms with Gasteiger partial charge in [-0.05, 0) is 41.7 Å². The quantitative estimate of drug-likeness (QED) is 0.466. The molecule has 0 atom stereocenters. The molecule has 0 aromatic heterocycles. The van der Waals surface area contributed by atoms with E-state index >= 15 is 0 Å². The zero-order chi connectivity index (χ0) is 24.6. The van der Waals surface area contributed by atoms with Crippen LogP contribution in [0.5, 0.6) is 11.5 Å². The third-order valence-corrected chi connectivity index (χ3v) is 6.46. The minimum absolute atomic E-state index is 0.0422. The van der Waals surface area contributed by atoms with Crippen LogP contribution in [0.1, 0.15) is 39.2 Å². The summed E-state index contributed by atoms with van der Waals surface area (Å²) in [5.41, 5.74) is 1.49. The second-order valence-corrected chi connectivity index (χ2v) is 11.0. The van der Waals surface area contributed by atoms with E-state index in [2.05, 4.69) is 26.1 Å². The monoisotopic (exact) mass is 496 g/mol. The number of halogens is 1. The molecule has 0 aliphatic carbocycles. The Labute approximate surface area is 202 Å². The number of carbonyl (C=O) groups excluding carboxylic acids is 1. The number of nitrogens with zero attached hydrogens (tertiary/aromatic N) is 1. The van der Waals surface area contributed by atoms with Crippen LogP contribution in [-0.4, -0.2) is 47.4 Å². The van der Waals surface area contributed by atoms with Gasteiger partial charge < -0.3 is 14.8 Å². The number of anilines is 1. The average Bonchev–Trinajstić information content (AvgIpc) is 2.73. The third-order valence-electron chi connectivity index (χ3n) is 4.97. The first-order valence-electron chi connectivity index (χ1n) is 10.7. The van der Waals surface area contributed by atoms with E-state index in [-0.39, 0.29) is 24.3 Å². The molecule has 1 N–H and O–H groups in total. The van der Waals surface area contributed by atoms with Crippen LogP contribution < -0.4 is 19.1 Å². The SMILES string of the molecule is COc1ccc(N(CCCC(=O)NCCOc2ccccc2C(C)(C)C)S(C)(=O)=O)cc1Cl. The molecule has 0 spiro atoms. The maximum absolute atomic E-state index is 12.3. The Morgan fingerprint density at radius 1 is 1.12 bits per heavy atom. The summed E-state index contributed by atoms with van der Waals surface area (Å²) in [6, 6.07) is 12.6. The predicted octanol–water partition coefficient (Wildman–Crippen LogP) is 4.39. The minimum atomic E-state index is -3.54. The molecule has 0 bridgehead atoms. The summed E-state index contributed by atoms with van der Waals surface area (Å²) >= 11 is 6.14. The van der Waals surface area contributed by atoms with E-state index in [1.807, 2.05) is 24.3 Å². The van der Waals surface area contributed by atoms with Crippen molar-refractivity contribution in [2.24, 2.45) is 0 Å². The van der Waals surface area contributed by atoms with Crippen molar-refractivity contribution in [3.63, 3.8) is 0 Å². The number of carbonyl (C=O) groups is 1. The summed E-state index contributed by atoms with van der Waals surface area (Å²) < 4.78 is 36.7. The Morgan fingerprint density at radius 2 is 1.82 bits per heavy atom. The van der Waals surface area contributed by atoms with Crippen molar-refractivity contribution in [3.05, 3.63) is 53.1 Å². The van der Waals surface area contributed by atoms with Crippen molar-refractivity contribution in [2.45, 2.75) is 39.0 Å². The Morgan fingerprint density at radius 3 is 2.42 bits per heavy atom. The number of rotatable bonds is 11. The Bertz CT molecular complexity index is 1050. The average molecular weight is 497 g/mol. The molecule has 9 heteroatoms. The zero-order valence-electron chi connectivity index (χ0n) is 19.9. The standard InChI is InChI=1S/C24H33ClN2O5S/c1-24(2,3)19-9-6-7-10-21(19)32-16-14-26-23(28)11-8-15-27(33(5,29)30)18-12-13-22(31-4)20(25)17-18/h6-7,9-10,12-13,17H,8,11,14-16H2,1-5H3,(H,26,28). The maximum Gasteiger partial charge on any atom is 0.232 e. The predicted molar refractivity (Wildman–Crippen MR) is 133 cm³/mol. The number of para-hydroxylation sites is 1. The fourth-order valence-electron chi connectivity index (χ4n) is 3.33. The van der Waals surface area contributed by atoms with Crippen LogP contribution in [0.4, 0.5) is 5.69 Å². The van der Waals surface area contributed by atoms with Crippen LogP contribution in [0, 0.1) is 0 Å². The van der Waals surface area contributed by atoms with E-state index in [1.54, 1.807) is 12.1 Å². The molecule has 2 rings (SSSR count). The summed E-state index contributed by atoms with van der Waals surface area (Å²) in [5, 5.41) is 3.13. The molecule has 0 saturated heterocycles. The molecule has 2 aromatic carbocycles. The van der Waals surface area contributed by atoms with Gasteiger partial charge in [0.05, 0.1) is 30.6 Å². The highest BCUT2D eigenvalue weighted by Crippen LogP contribution is 2.31. The van der Waals surface area contributed by atoms with E-state index in [0.29, 0.717) is 36.0 Å². The van der Waals surface area contributed by atoms with Crippen LogP contribution >= 0.6 is 11.6 Å². The van der Waals surface area contributed by atoms with Gasteiger partial charge in [0.15, 0.2) is 0 Å². The molecule has 1 amide bonds. The number of nitrogens with one attached hydrogen (secondary N) is 1. The Kier molecular flexibility index (Phi) is 9.43. The van der Waals surface area contributed by atoms with Crippen molar-refractivity contribution in [1.29, 1.82) is 0 Å². The summed E-state index contributed by atoms with van der Waals surface area (Å²) in [4.78, 5) is 12.2. The summed E-state index contributed by atoms with van der Waals surface area (Å²) in [6.45, 7) is 7.23. The Balaban J connectivity index is 1.84. The number of benzene rings is 2. The highest BCUT2D eigenvalue weighted by Gasteiger charge is 2.20. The van der Waals surface area contributed by atoms with E-state index in [0.717, 1.165) is 17.6 Å². The van der Waals surface area contributed by atoms with Crippen LogP contribution in [0.15, 0.2) is 42.5 Å². The van der Waals surface area contributed by atoms with Gasteiger partial charge in [0.25, 0.3) is 0 Å². The molecule has 0 aliphatic rings. The highest BCUT2D eigenvalue weighted by molar-refractivity contribution is 7.92. The van der Waals surface area contributed by atoms with Gasteiger partial charge in [0.1, 0.15) is 18.1 Å². The number of hydrogen-bond donors (Lipinski definition) is 1. The summed E-state index contributed by atoms with van der Waals surface area (Å²) in [6.07, 6.45) is 1.67. The molecule has 0 heterocycles. The molecule has 33 heavy (non-hydrogen) atoms. The topological polar surface area (TPSA) is 84.9 Å². The maximum atomic E-state index is 12.3. The van der Waals surface area contributed by atoms with Crippen molar-refractivity contribution in [1.82, 2.24) is 5.32 Å². The lowest BCUT2D eigenvalue weighted by molar-refractivity contribution is -0.121. The minimum Gasteiger partial charge on any atom is -0.495 e. The van der Waals surface area contributed by atoms with Crippen molar-refractivity contribution in [3.8, 4) is 11.5 Å². The van der Waals surface area contributed by atoms with Crippen molar-refractivity contribution >= 4 is 33.2 Å². The molecule has 2 aromatic rings. The molecule has 0 unspecified atom stereocenters. The number of hydrogen-bond acceptors (Lipinski definition) is 5. The van der Waals surface area contributed by atoms with Crippen molar-refractivity contribution < 1.29 is 22.7 Å². The zero-order valence-corrected chi connectivity index (χ0v) is 21.4.